The van der Waals surface area contributed by atoms with Gasteiger partial charge in [0.25, 0.3) is 10.1 Å². The van der Waals surface area contributed by atoms with E-state index in [2.05, 4.69) is 0 Å². The molecule has 152 valence electrons. The van der Waals surface area contributed by atoms with Crippen LogP contribution in [0, 0.1) is 5.41 Å². The Balaban J connectivity index is 0.000000537. The minimum absolute atomic E-state index is 0.0355. The molecule has 0 atom stereocenters. The number of carbonyl (C=O) groups is 1. The number of rotatable bonds is 5. The Morgan fingerprint density at radius 2 is 1.62 bits per heavy atom. The molecule has 0 heterocycles. The highest BCUT2D eigenvalue weighted by Gasteiger charge is 2.07. The normalized spacial score (nSPS) is 10.7. The summed E-state index contributed by atoms with van der Waals surface area (Å²) < 4.78 is 31.3. The molecule has 0 saturated heterocycles. The fourth-order valence-corrected chi connectivity index (χ4v) is 2.53. The number of aryl methyl sites for hydroxylation is 1. The van der Waals surface area contributed by atoms with Gasteiger partial charge in [0, 0.05) is 12.0 Å². The maximum atomic E-state index is 12.0. The highest BCUT2D eigenvalue weighted by atomic mass is 32.2. The van der Waals surface area contributed by atoms with Crippen LogP contribution >= 0.6 is 0 Å². The fourth-order valence-electron chi connectivity index (χ4n) is 2.53. The summed E-state index contributed by atoms with van der Waals surface area (Å²) in [6, 6.07) is 20.8. The number of amidine groups is 1. The number of nitrogens with one attached hydrogen (secondary N) is 1. The van der Waals surface area contributed by atoms with Crippen molar-refractivity contribution in [2.24, 2.45) is 5.73 Å². The van der Waals surface area contributed by atoms with Crippen LogP contribution < -0.4 is 10.5 Å². The molecule has 3 aromatic rings. The standard InChI is InChI=1S/C20H18N2O2.CH4O3S/c21-20(22)17-8-7-16-13-18(10-9-15(16)12-17)24-19(23)11-6-14-4-2-1-3-5-14;1-5(2,3)4/h1-5,7-10,12-13H,6,11H2,(H3,21,22);1H3,(H,2,3,4). The molecule has 0 aliphatic heterocycles. The first kappa shape index (κ1) is 22.1. The van der Waals surface area contributed by atoms with Gasteiger partial charge in [0.15, 0.2) is 0 Å². The van der Waals surface area contributed by atoms with Crippen molar-refractivity contribution in [3.63, 3.8) is 0 Å². The van der Waals surface area contributed by atoms with Crippen molar-refractivity contribution < 1.29 is 22.5 Å². The smallest absolute Gasteiger partial charge is 0.311 e. The van der Waals surface area contributed by atoms with Crippen LogP contribution in [0.1, 0.15) is 17.5 Å². The summed E-state index contributed by atoms with van der Waals surface area (Å²) in [5.41, 5.74) is 7.29. The fraction of sp³-hybridized carbons (Fsp3) is 0.143. The molecule has 0 aliphatic carbocycles. The molecule has 8 heteroatoms. The highest BCUT2D eigenvalue weighted by Crippen LogP contribution is 2.22. The van der Waals surface area contributed by atoms with Crippen molar-refractivity contribution in [1.82, 2.24) is 0 Å². The van der Waals surface area contributed by atoms with Gasteiger partial charge in [0.05, 0.1) is 6.26 Å². The van der Waals surface area contributed by atoms with Crippen molar-refractivity contribution in [2.75, 3.05) is 6.26 Å². The van der Waals surface area contributed by atoms with E-state index in [-0.39, 0.29) is 11.8 Å². The number of ether oxygens (including phenoxy) is 1. The second-order valence-corrected chi connectivity index (χ2v) is 7.80. The zero-order chi connectivity index (χ0) is 21.4. The Labute approximate surface area is 169 Å². The zero-order valence-corrected chi connectivity index (χ0v) is 16.6. The van der Waals surface area contributed by atoms with Gasteiger partial charge in [-0.3, -0.25) is 14.8 Å². The largest absolute Gasteiger partial charge is 0.426 e. The van der Waals surface area contributed by atoms with Crippen molar-refractivity contribution in [3.8, 4) is 5.75 Å². The molecule has 29 heavy (non-hydrogen) atoms. The van der Waals surface area contributed by atoms with Crippen LogP contribution in [0.4, 0.5) is 0 Å². The number of fused-ring (bicyclic) bond motifs is 1. The van der Waals surface area contributed by atoms with Gasteiger partial charge in [-0.25, -0.2) is 0 Å². The lowest BCUT2D eigenvalue weighted by atomic mass is 10.1. The van der Waals surface area contributed by atoms with Gasteiger partial charge in [-0.15, -0.1) is 0 Å². The lowest BCUT2D eigenvalue weighted by Gasteiger charge is -2.07. The van der Waals surface area contributed by atoms with Gasteiger partial charge in [-0.05, 0) is 41.0 Å². The molecule has 7 nitrogen and oxygen atoms in total. The number of nitrogen functional groups attached to an aromatic ring is 1. The molecule has 0 spiro atoms. The number of esters is 1. The van der Waals surface area contributed by atoms with Crippen molar-refractivity contribution >= 4 is 32.7 Å². The molecule has 0 fully saturated rings. The highest BCUT2D eigenvalue weighted by molar-refractivity contribution is 7.85. The Kier molecular flexibility index (Phi) is 7.46. The van der Waals surface area contributed by atoms with Crippen LogP contribution in [0.3, 0.4) is 0 Å². The molecule has 0 amide bonds. The van der Waals surface area contributed by atoms with E-state index in [1.807, 2.05) is 54.6 Å². The molecule has 0 saturated carbocycles. The lowest BCUT2D eigenvalue weighted by molar-refractivity contribution is -0.134. The third kappa shape index (κ3) is 8.12. The summed E-state index contributed by atoms with van der Waals surface area (Å²) in [6.07, 6.45) is 1.72. The van der Waals surface area contributed by atoms with E-state index in [4.69, 9.17) is 20.4 Å². The first-order chi connectivity index (χ1) is 13.6. The number of hydrogen-bond acceptors (Lipinski definition) is 5. The molecule has 0 aromatic heterocycles. The summed E-state index contributed by atoms with van der Waals surface area (Å²) in [5, 5.41) is 9.36. The summed E-state index contributed by atoms with van der Waals surface area (Å²) in [5.74, 6) is 0.308. The van der Waals surface area contributed by atoms with E-state index in [0.717, 1.165) is 16.3 Å². The van der Waals surface area contributed by atoms with E-state index in [9.17, 15) is 13.2 Å². The third-order valence-electron chi connectivity index (χ3n) is 3.82. The van der Waals surface area contributed by atoms with Crippen LogP contribution in [0.15, 0.2) is 66.7 Å². The molecule has 4 N–H and O–H groups in total. The van der Waals surface area contributed by atoms with Gasteiger partial charge in [0.1, 0.15) is 11.6 Å². The Morgan fingerprint density at radius 1 is 1.03 bits per heavy atom. The molecule has 0 bridgehead atoms. The monoisotopic (exact) mass is 414 g/mol. The van der Waals surface area contributed by atoms with Crippen molar-refractivity contribution in [3.05, 3.63) is 77.9 Å². The van der Waals surface area contributed by atoms with E-state index in [1.165, 1.54) is 0 Å². The van der Waals surface area contributed by atoms with Crippen LogP contribution in [-0.2, 0) is 21.3 Å². The molecule has 3 rings (SSSR count). The second kappa shape index (κ2) is 9.81. The minimum atomic E-state index is -3.67. The summed E-state index contributed by atoms with van der Waals surface area (Å²) in [7, 11) is -3.67. The summed E-state index contributed by atoms with van der Waals surface area (Å²) >= 11 is 0. The van der Waals surface area contributed by atoms with Crippen molar-refractivity contribution in [2.45, 2.75) is 12.8 Å². The minimum Gasteiger partial charge on any atom is -0.426 e. The number of hydrogen-bond donors (Lipinski definition) is 3. The molecule has 3 aromatic carbocycles. The lowest BCUT2D eigenvalue weighted by Crippen LogP contribution is -2.10. The van der Waals surface area contributed by atoms with E-state index in [0.29, 0.717) is 30.4 Å². The number of benzene rings is 3. The van der Waals surface area contributed by atoms with Crippen LogP contribution in [0.5, 0.6) is 5.75 Å². The molecular weight excluding hydrogens is 392 g/mol. The topological polar surface area (TPSA) is 131 Å². The van der Waals surface area contributed by atoms with Gasteiger partial charge >= 0.3 is 5.97 Å². The van der Waals surface area contributed by atoms with Gasteiger partial charge in [0.2, 0.25) is 0 Å². The average molecular weight is 414 g/mol. The number of carbonyl (C=O) groups excluding carboxylic acids is 1. The first-order valence-corrected chi connectivity index (χ1v) is 10.5. The van der Waals surface area contributed by atoms with Gasteiger partial charge < -0.3 is 10.5 Å². The second-order valence-electron chi connectivity index (χ2n) is 6.33. The van der Waals surface area contributed by atoms with E-state index < -0.39 is 10.1 Å². The summed E-state index contributed by atoms with van der Waals surface area (Å²) in [6.45, 7) is 0. The van der Waals surface area contributed by atoms with Crippen molar-refractivity contribution in [1.29, 1.82) is 5.41 Å². The molecule has 0 unspecified atom stereocenters. The number of nitrogens with two attached hydrogens (primary N) is 1. The van der Waals surface area contributed by atoms with E-state index in [1.54, 1.807) is 12.1 Å². The van der Waals surface area contributed by atoms with Crippen LogP contribution in [0.2, 0.25) is 0 Å². The summed E-state index contributed by atoms with van der Waals surface area (Å²) in [4.78, 5) is 12.0. The maximum absolute atomic E-state index is 12.0. The Bertz CT molecular complexity index is 1100. The van der Waals surface area contributed by atoms with Gasteiger partial charge in [-0.1, -0.05) is 48.5 Å². The van der Waals surface area contributed by atoms with Crippen LogP contribution in [0.25, 0.3) is 10.8 Å². The molecular formula is C21H22N2O5S. The average Bonchev–Trinajstić information content (AvgIpc) is 2.65. The first-order valence-electron chi connectivity index (χ1n) is 8.67. The maximum Gasteiger partial charge on any atom is 0.311 e. The predicted molar refractivity (Wildman–Crippen MR) is 113 cm³/mol. The zero-order valence-electron chi connectivity index (χ0n) is 15.8. The Morgan fingerprint density at radius 3 is 2.24 bits per heavy atom. The Hall–Kier alpha value is -3.23. The predicted octanol–water partition coefficient (Wildman–Crippen LogP) is 3.17. The molecule has 0 aliphatic rings. The van der Waals surface area contributed by atoms with E-state index >= 15 is 0 Å². The van der Waals surface area contributed by atoms with Crippen LogP contribution in [-0.4, -0.2) is 31.0 Å². The SMILES string of the molecule is CS(=O)(=O)O.N=C(N)c1ccc2cc(OC(=O)CCc3ccccc3)ccc2c1. The third-order valence-corrected chi connectivity index (χ3v) is 3.82. The molecule has 0 radical (unpaired) electrons. The quantitative estimate of drug-likeness (QED) is 0.193. The van der Waals surface area contributed by atoms with Gasteiger partial charge in [-0.2, -0.15) is 8.42 Å².